The highest BCUT2D eigenvalue weighted by molar-refractivity contribution is 6.31. The third-order valence-electron chi connectivity index (χ3n) is 8.42. The van der Waals surface area contributed by atoms with Gasteiger partial charge in [-0.25, -0.2) is 0 Å². The number of anilines is 1. The summed E-state index contributed by atoms with van der Waals surface area (Å²) in [6, 6.07) is 24.2. The number of amides is 1. The number of fused-ring (bicyclic) bond motifs is 5. The second kappa shape index (κ2) is 9.46. The Balaban J connectivity index is 1.48. The van der Waals surface area contributed by atoms with Crippen molar-refractivity contribution in [2.75, 3.05) is 5.32 Å². The lowest BCUT2D eigenvalue weighted by atomic mass is 9.63. The van der Waals surface area contributed by atoms with Crippen molar-refractivity contribution in [3.8, 4) is 0 Å². The van der Waals surface area contributed by atoms with Gasteiger partial charge in [0, 0.05) is 39.9 Å². The molecule has 4 aromatic rings. The molecule has 3 aliphatic rings. The fourth-order valence-electron chi connectivity index (χ4n) is 6.70. The van der Waals surface area contributed by atoms with E-state index in [1.54, 1.807) is 59.8 Å². The highest BCUT2D eigenvalue weighted by Gasteiger charge is 2.72. The van der Waals surface area contributed by atoms with Crippen molar-refractivity contribution in [3.63, 3.8) is 0 Å². The highest BCUT2D eigenvalue weighted by Crippen LogP contribution is 2.64. The van der Waals surface area contributed by atoms with E-state index in [1.165, 1.54) is 24.3 Å². The molecule has 42 heavy (non-hydrogen) atoms. The molecule has 0 aromatic heterocycles. The van der Waals surface area contributed by atoms with Gasteiger partial charge in [0.25, 0.3) is 5.69 Å². The van der Waals surface area contributed by atoms with Gasteiger partial charge in [-0.3, -0.25) is 29.5 Å². The lowest BCUT2D eigenvalue weighted by Crippen LogP contribution is -2.44. The van der Waals surface area contributed by atoms with Gasteiger partial charge in [0.05, 0.1) is 17.2 Å². The van der Waals surface area contributed by atoms with E-state index in [-0.39, 0.29) is 16.8 Å². The molecule has 4 aromatic carbocycles. The van der Waals surface area contributed by atoms with E-state index in [4.69, 9.17) is 11.6 Å². The highest BCUT2D eigenvalue weighted by atomic mass is 35.5. The molecule has 10 heteroatoms. The predicted octanol–water partition coefficient (Wildman–Crippen LogP) is 5.81. The number of carbonyl (C=O) groups is 3. The van der Waals surface area contributed by atoms with Gasteiger partial charge < -0.3 is 5.32 Å². The minimum atomic E-state index is -1.77. The molecule has 3 atom stereocenters. The molecule has 1 saturated heterocycles. The van der Waals surface area contributed by atoms with Crippen LogP contribution in [-0.2, 0) is 4.79 Å². The fourth-order valence-corrected chi connectivity index (χ4v) is 6.83. The maximum atomic E-state index is 14.7. The number of hydrogen-bond acceptors (Lipinski definition) is 7. The first-order valence-electron chi connectivity index (χ1n) is 13.2. The Morgan fingerprint density at radius 2 is 1.50 bits per heavy atom. The van der Waals surface area contributed by atoms with E-state index in [1.807, 2.05) is 24.3 Å². The minimum absolute atomic E-state index is 0.151. The van der Waals surface area contributed by atoms with Crippen LogP contribution in [0.25, 0.3) is 0 Å². The van der Waals surface area contributed by atoms with Crippen LogP contribution in [0.1, 0.15) is 49.4 Å². The molecular formula is C32H21ClN4O5. The Morgan fingerprint density at radius 1 is 0.881 bits per heavy atom. The second-order valence-electron chi connectivity index (χ2n) is 10.5. The summed E-state index contributed by atoms with van der Waals surface area (Å²) < 4.78 is 0. The van der Waals surface area contributed by atoms with Gasteiger partial charge in [-0.2, -0.15) is 5.10 Å². The van der Waals surface area contributed by atoms with Crippen molar-refractivity contribution < 1.29 is 19.3 Å². The number of nitrogens with zero attached hydrogens (tertiary/aromatic N) is 3. The number of nitrogens with one attached hydrogen (secondary N) is 1. The van der Waals surface area contributed by atoms with E-state index in [0.717, 1.165) is 5.56 Å². The summed E-state index contributed by atoms with van der Waals surface area (Å²) >= 11 is 6.05. The molecule has 1 N–H and O–H groups in total. The molecule has 1 amide bonds. The van der Waals surface area contributed by atoms with Crippen LogP contribution in [0.15, 0.2) is 102 Å². The van der Waals surface area contributed by atoms with Gasteiger partial charge in [-0.15, -0.1) is 0 Å². The molecule has 1 spiro atoms. The van der Waals surface area contributed by atoms with Crippen molar-refractivity contribution in [1.82, 2.24) is 5.01 Å². The van der Waals surface area contributed by atoms with Crippen LogP contribution in [0.4, 0.5) is 11.4 Å². The zero-order valence-electron chi connectivity index (χ0n) is 21.8. The Morgan fingerprint density at radius 3 is 2.14 bits per heavy atom. The first-order valence-corrected chi connectivity index (χ1v) is 13.6. The zero-order valence-corrected chi connectivity index (χ0v) is 22.6. The van der Waals surface area contributed by atoms with Crippen LogP contribution in [0.5, 0.6) is 0 Å². The van der Waals surface area contributed by atoms with Crippen molar-refractivity contribution in [1.29, 1.82) is 0 Å². The third-order valence-corrected chi connectivity index (χ3v) is 8.67. The normalized spacial score (nSPS) is 21.2. The molecule has 1 aliphatic carbocycles. The number of hydrazone groups is 1. The lowest BCUT2D eigenvalue weighted by molar-refractivity contribution is -0.384. The Hall–Kier alpha value is -5.15. The van der Waals surface area contributed by atoms with Gasteiger partial charge >= 0.3 is 0 Å². The number of non-ortho nitro benzene ring substituents is 1. The van der Waals surface area contributed by atoms with Gasteiger partial charge in [0.1, 0.15) is 11.5 Å². The van der Waals surface area contributed by atoms with E-state index < -0.39 is 45.8 Å². The van der Waals surface area contributed by atoms with Crippen molar-refractivity contribution in [3.05, 3.63) is 140 Å². The molecule has 7 rings (SSSR count). The van der Waals surface area contributed by atoms with E-state index in [2.05, 4.69) is 10.4 Å². The Kier molecular flexibility index (Phi) is 5.81. The maximum absolute atomic E-state index is 14.7. The molecule has 9 nitrogen and oxygen atoms in total. The van der Waals surface area contributed by atoms with Gasteiger partial charge in [-0.1, -0.05) is 72.3 Å². The van der Waals surface area contributed by atoms with Gasteiger partial charge in [0.15, 0.2) is 11.6 Å². The number of hydrogen-bond donors (Lipinski definition) is 1. The van der Waals surface area contributed by atoms with Crippen molar-refractivity contribution in [2.24, 2.45) is 10.5 Å². The molecule has 206 valence electrons. The lowest BCUT2D eigenvalue weighted by Gasteiger charge is -2.36. The largest absolute Gasteiger partial charge is 0.324 e. The minimum Gasteiger partial charge on any atom is -0.324 e. The number of nitro benzene ring substituents is 1. The zero-order chi connectivity index (χ0) is 29.2. The van der Waals surface area contributed by atoms with E-state index in [0.29, 0.717) is 21.8 Å². The number of nitro groups is 1. The topological polar surface area (TPSA) is 122 Å². The summed E-state index contributed by atoms with van der Waals surface area (Å²) in [6.07, 6.45) is 1.62. The molecule has 0 bridgehead atoms. The van der Waals surface area contributed by atoms with E-state index >= 15 is 0 Å². The van der Waals surface area contributed by atoms with Crippen LogP contribution in [0.2, 0.25) is 5.02 Å². The standard InChI is InChI=1S/C32H21ClN4O5/c33-20-11-13-21(14-12-20)35-31(40)27-26(18-9-15-22(16-10-18)37(41)42)32(29(38)24-7-3-4-8-25(24)30(32)39)28-23-6-2-1-5-19(23)17-34-36(27)28/h1-17,26-28H,(H,35,40)/t26-,27-,28-/m0/s1. The quantitative estimate of drug-likeness (QED) is 0.186. The number of carbonyl (C=O) groups excluding carboxylic acids is 3. The van der Waals surface area contributed by atoms with Gasteiger partial charge in [-0.05, 0) is 41.0 Å². The monoisotopic (exact) mass is 576 g/mol. The molecule has 2 aliphatic heterocycles. The molecule has 0 unspecified atom stereocenters. The molecular weight excluding hydrogens is 556 g/mol. The smallest absolute Gasteiger partial charge is 0.269 e. The van der Waals surface area contributed by atoms with Gasteiger partial charge in [0.2, 0.25) is 5.91 Å². The number of Topliss-reactive ketones (excluding diaryl/α,β-unsaturated/α-hetero) is 2. The first-order chi connectivity index (χ1) is 20.3. The summed E-state index contributed by atoms with van der Waals surface area (Å²) in [5, 5.41) is 21.1. The Bertz CT molecular complexity index is 1800. The first kappa shape index (κ1) is 25.8. The van der Waals surface area contributed by atoms with Crippen LogP contribution >= 0.6 is 11.6 Å². The Labute approximate surface area is 244 Å². The summed E-state index contributed by atoms with van der Waals surface area (Å²) in [4.78, 5) is 54.5. The fraction of sp³-hybridized carbons (Fsp3) is 0.125. The third kappa shape index (κ3) is 3.56. The molecule has 0 radical (unpaired) electrons. The van der Waals surface area contributed by atoms with Crippen molar-refractivity contribution >= 4 is 46.7 Å². The summed E-state index contributed by atoms with van der Waals surface area (Å²) in [7, 11) is 0. The SMILES string of the molecule is O=C(Nc1ccc(Cl)cc1)[C@@H]1[C@H](c2ccc([N+](=O)[O-])cc2)C2(C(=O)c3ccccc3C2=O)[C@@H]2c3ccccc3C=NN12. The second-order valence-corrected chi connectivity index (χ2v) is 10.9. The molecule has 0 saturated carbocycles. The van der Waals surface area contributed by atoms with Crippen LogP contribution in [0, 0.1) is 15.5 Å². The average Bonchev–Trinajstić information content (AvgIpc) is 3.44. The number of rotatable bonds is 4. The van der Waals surface area contributed by atoms with Crippen LogP contribution in [-0.4, -0.2) is 39.7 Å². The molecule has 2 heterocycles. The van der Waals surface area contributed by atoms with E-state index in [9.17, 15) is 24.5 Å². The maximum Gasteiger partial charge on any atom is 0.269 e. The van der Waals surface area contributed by atoms with Crippen molar-refractivity contribution in [2.45, 2.75) is 18.0 Å². The number of benzene rings is 4. The molecule has 1 fully saturated rings. The predicted molar refractivity (Wildman–Crippen MR) is 156 cm³/mol. The van der Waals surface area contributed by atoms with Crippen LogP contribution < -0.4 is 5.32 Å². The average molecular weight is 577 g/mol. The summed E-state index contributed by atoms with van der Waals surface area (Å²) in [6.45, 7) is 0. The number of halogens is 1. The van der Waals surface area contributed by atoms with Crippen LogP contribution in [0.3, 0.4) is 0 Å². The summed E-state index contributed by atoms with van der Waals surface area (Å²) in [5.74, 6) is -2.34. The number of ketones is 2. The summed E-state index contributed by atoms with van der Waals surface area (Å²) in [5.41, 5.74) is 0.968.